The molecule has 186 valence electrons. The van der Waals surface area contributed by atoms with E-state index >= 15 is 0 Å². The lowest BCUT2D eigenvalue weighted by atomic mass is 9.98. The van der Waals surface area contributed by atoms with Crippen LogP contribution in [0.5, 0.6) is 0 Å². The Hall–Kier alpha value is -3.00. The molecule has 8 heteroatoms. The minimum atomic E-state index is -1.01. The summed E-state index contributed by atoms with van der Waals surface area (Å²) in [5.74, 6) is -1.08. The number of ether oxygens (including phenoxy) is 1. The first-order chi connectivity index (χ1) is 17.0. The molecule has 1 aliphatic heterocycles. The summed E-state index contributed by atoms with van der Waals surface area (Å²) in [6, 6.07) is 14.5. The second-order valence-electron chi connectivity index (χ2n) is 8.99. The third kappa shape index (κ3) is 5.17. The highest BCUT2D eigenvalue weighted by Crippen LogP contribution is 2.44. The van der Waals surface area contributed by atoms with Gasteiger partial charge in [-0.2, -0.15) is 0 Å². The van der Waals surface area contributed by atoms with Gasteiger partial charge in [-0.1, -0.05) is 75.2 Å². The maximum atomic E-state index is 13.4. The summed E-state index contributed by atoms with van der Waals surface area (Å²) in [5, 5.41) is 12.2. The summed E-state index contributed by atoms with van der Waals surface area (Å²) in [7, 11) is 0. The van der Waals surface area contributed by atoms with Crippen LogP contribution >= 0.6 is 11.8 Å². The van der Waals surface area contributed by atoms with Crippen molar-refractivity contribution in [1.29, 1.82) is 0 Å². The Morgan fingerprint density at radius 2 is 1.69 bits per heavy atom. The number of hydrogen-bond acceptors (Lipinski definition) is 5. The van der Waals surface area contributed by atoms with Crippen LogP contribution in [0, 0.1) is 0 Å². The van der Waals surface area contributed by atoms with Crippen LogP contribution in [-0.2, 0) is 14.3 Å². The van der Waals surface area contributed by atoms with Crippen LogP contribution in [0.25, 0.3) is 11.1 Å². The van der Waals surface area contributed by atoms with Crippen LogP contribution in [0.4, 0.5) is 4.79 Å². The van der Waals surface area contributed by atoms with Crippen molar-refractivity contribution in [3.8, 4) is 11.1 Å². The molecule has 1 heterocycles. The number of carboxylic acid groups (broad SMARTS) is 1. The summed E-state index contributed by atoms with van der Waals surface area (Å²) in [4.78, 5) is 39.5. The highest BCUT2D eigenvalue weighted by atomic mass is 32.2. The fourth-order valence-electron chi connectivity index (χ4n) is 5.03. The number of nitrogens with zero attached hydrogens (tertiary/aromatic N) is 1. The summed E-state index contributed by atoms with van der Waals surface area (Å²) in [6.45, 7) is 4.09. The molecule has 35 heavy (non-hydrogen) atoms. The number of benzene rings is 2. The molecule has 0 spiro atoms. The molecule has 7 nitrogen and oxygen atoms in total. The summed E-state index contributed by atoms with van der Waals surface area (Å²) >= 11 is 1.49. The highest BCUT2D eigenvalue weighted by Gasteiger charge is 2.43. The van der Waals surface area contributed by atoms with Crippen LogP contribution in [0.3, 0.4) is 0 Å². The molecule has 0 saturated carbocycles. The molecule has 1 fully saturated rings. The predicted octanol–water partition coefficient (Wildman–Crippen LogP) is 4.85. The highest BCUT2D eigenvalue weighted by molar-refractivity contribution is 8.00. The van der Waals surface area contributed by atoms with Gasteiger partial charge >= 0.3 is 12.1 Å². The van der Waals surface area contributed by atoms with E-state index in [-0.39, 0.29) is 23.8 Å². The number of aliphatic carboxylic acids is 1. The van der Waals surface area contributed by atoms with Gasteiger partial charge in [0.05, 0.1) is 5.37 Å². The van der Waals surface area contributed by atoms with Gasteiger partial charge in [0.25, 0.3) is 0 Å². The number of carbonyl (C=O) groups excluding carboxylic acids is 2. The van der Waals surface area contributed by atoms with Gasteiger partial charge in [-0.15, -0.1) is 11.8 Å². The van der Waals surface area contributed by atoms with Crippen molar-refractivity contribution >= 4 is 29.7 Å². The lowest BCUT2D eigenvalue weighted by molar-refractivity contribution is -0.150. The molecule has 4 rings (SSSR count). The van der Waals surface area contributed by atoms with Crippen molar-refractivity contribution in [2.45, 2.75) is 62.9 Å². The molecule has 1 aliphatic carbocycles. The van der Waals surface area contributed by atoms with Gasteiger partial charge in [0.15, 0.2) is 0 Å². The Labute approximate surface area is 210 Å². The topological polar surface area (TPSA) is 95.9 Å². The molecule has 0 radical (unpaired) electrons. The second kappa shape index (κ2) is 11.2. The second-order valence-corrected chi connectivity index (χ2v) is 10.2. The number of nitrogens with one attached hydrogen (secondary N) is 1. The number of carboxylic acids is 1. The number of rotatable bonds is 9. The fraction of sp³-hybridized carbons (Fsp3) is 0.444. The third-order valence-corrected chi connectivity index (χ3v) is 8.03. The van der Waals surface area contributed by atoms with Crippen molar-refractivity contribution in [3.05, 3.63) is 59.7 Å². The number of amides is 2. The van der Waals surface area contributed by atoms with E-state index in [1.165, 1.54) is 16.7 Å². The smallest absolute Gasteiger partial charge is 0.407 e. The molecule has 2 aromatic carbocycles. The molecular weight excluding hydrogens is 464 g/mol. The Bertz CT molecular complexity index is 1050. The van der Waals surface area contributed by atoms with Gasteiger partial charge in [-0.3, -0.25) is 4.79 Å². The zero-order chi connectivity index (χ0) is 24.9. The van der Waals surface area contributed by atoms with Crippen LogP contribution in [0.2, 0.25) is 0 Å². The van der Waals surface area contributed by atoms with E-state index in [4.69, 9.17) is 4.74 Å². The van der Waals surface area contributed by atoms with Gasteiger partial charge in [-0.25, -0.2) is 9.59 Å². The number of carbonyl (C=O) groups is 3. The van der Waals surface area contributed by atoms with Gasteiger partial charge in [0, 0.05) is 11.7 Å². The standard InChI is InChI=1S/C27H32N2O5S/c1-3-9-22(25(30)29-23(26(31)32)16-35-24(29)10-4-2)28-27(33)34-15-21-19-13-7-5-11-17(19)18-12-6-8-14-20(18)21/h5-8,11-14,21-24H,3-4,9-10,15-16H2,1-2H3,(H,28,33)(H,31,32). The van der Waals surface area contributed by atoms with Gasteiger partial charge in [0.2, 0.25) is 5.91 Å². The first-order valence-electron chi connectivity index (χ1n) is 12.2. The number of hydrogen-bond donors (Lipinski definition) is 2. The monoisotopic (exact) mass is 496 g/mol. The lowest BCUT2D eigenvalue weighted by Gasteiger charge is -2.31. The van der Waals surface area contributed by atoms with Gasteiger partial charge in [0.1, 0.15) is 18.7 Å². The van der Waals surface area contributed by atoms with Crippen molar-refractivity contribution in [2.24, 2.45) is 0 Å². The molecule has 0 aromatic heterocycles. The molecular formula is C27H32N2O5S. The van der Waals surface area contributed by atoms with E-state index in [0.29, 0.717) is 25.0 Å². The number of fused-ring (bicyclic) bond motifs is 3. The van der Waals surface area contributed by atoms with E-state index in [1.54, 1.807) is 0 Å². The zero-order valence-corrected chi connectivity index (χ0v) is 20.9. The molecule has 2 aromatic rings. The van der Waals surface area contributed by atoms with Gasteiger partial charge in [-0.05, 0) is 35.1 Å². The van der Waals surface area contributed by atoms with Crippen molar-refractivity contribution in [2.75, 3.05) is 12.4 Å². The van der Waals surface area contributed by atoms with Gasteiger partial charge < -0.3 is 20.1 Å². The minimum absolute atomic E-state index is 0.0752. The molecule has 2 amide bonds. The minimum Gasteiger partial charge on any atom is -0.480 e. The average molecular weight is 497 g/mol. The maximum absolute atomic E-state index is 13.4. The summed E-state index contributed by atoms with van der Waals surface area (Å²) in [5.41, 5.74) is 4.51. The molecule has 3 unspecified atom stereocenters. The molecule has 1 saturated heterocycles. The third-order valence-electron chi connectivity index (χ3n) is 6.68. The normalized spacial score (nSPS) is 19.7. The number of thioether (sulfide) groups is 1. The fourth-order valence-corrected chi connectivity index (χ4v) is 6.55. The maximum Gasteiger partial charge on any atom is 0.407 e. The molecule has 0 bridgehead atoms. The van der Waals surface area contributed by atoms with E-state index in [9.17, 15) is 19.5 Å². The lowest BCUT2D eigenvalue weighted by Crippen LogP contribution is -2.54. The Kier molecular flexibility index (Phi) is 8.00. The largest absolute Gasteiger partial charge is 0.480 e. The Morgan fingerprint density at radius 1 is 1.06 bits per heavy atom. The van der Waals surface area contributed by atoms with E-state index in [2.05, 4.69) is 29.6 Å². The van der Waals surface area contributed by atoms with Crippen LogP contribution in [0.1, 0.15) is 56.6 Å². The SMILES string of the molecule is CCCC(NC(=O)OCC1c2ccccc2-c2ccccc21)C(=O)N1C(CCC)SCC1C(=O)O. The van der Waals surface area contributed by atoms with E-state index < -0.39 is 24.1 Å². The van der Waals surface area contributed by atoms with Crippen LogP contribution < -0.4 is 5.32 Å². The van der Waals surface area contributed by atoms with E-state index in [0.717, 1.165) is 28.7 Å². The predicted molar refractivity (Wildman–Crippen MR) is 136 cm³/mol. The van der Waals surface area contributed by atoms with Crippen LogP contribution in [-0.4, -0.2) is 57.8 Å². The zero-order valence-electron chi connectivity index (χ0n) is 20.1. The molecule has 3 atom stereocenters. The van der Waals surface area contributed by atoms with E-state index in [1.807, 2.05) is 38.1 Å². The van der Waals surface area contributed by atoms with Crippen molar-refractivity contribution in [1.82, 2.24) is 10.2 Å². The Morgan fingerprint density at radius 3 is 2.26 bits per heavy atom. The molecule has 2 N–H and O–H groups in total. The Balaban J connectivity index is 1.45. The van der Waals surface area contributed by atoms with Crippen molar-refractivity contribution < 1.29 is 24.2 Å². The first-order valence-corrected chi connectivity index (χ1v) is 13.3. The first kappa shape index (κ1) is 25.1. The van der Waals surface area contributed by atoms with Crippen LogP contribution in [0.15, 0.2) is 48.5 Å². The quantitative estimate of drug-likeness (QED) is 0.515. The average Bonchev–Trinajstić information content (AvgIpc) is 3.42. The van der Waals surface area contributed by atoms with Crippen molar-refractivity contribution in [3.63, 3.8) is 0 Å². The summed E-state index contributed by atoms with van der Waals surface area (Å²) < 4.78 is 5.64. The summed E-state index contributed by atoms with van der Waals surface area (Å²) in [6.07, 6.45) is 1.97. The molecule has 2 aliphatic rings. The number of alkyl carbamates (subject to hydrolysis) is 1.